The van der Waals surface area contributed by atoms with Crippen molar-refractivity contribution in [2.75, 3.05) is 18.4 Å². The standard InChI is InChI=1S/C22H26N6O2/c1-3-16-4-5-18(27-13-24-25-14-27)12-19(16)26-21(29)20-15(2)8-11-28(22(20)30)17-6-9-23-10-7-17/h4-5,8,11-14,17,23H,3,6-7,9-10H2,1-2H3,(H,26,29). The highest BCUT2D eigenvalue weighted by Crippen LogP contribution is 2.22. The number of aromatic nitrogens is 4. The van der Waals surface area contributed by atoms with Crippen molar-refractivity contribution < 1.29 is 4.79 Å². The Morgan fingerprint density at radius 3 is 2.63 bits per heavy atom. The summed E-state index contributed by atoms with van der Waals surface area (Å²) >= 11 is 0. The first-order chi connectivity index (χ1) is 14.6. The molecule has 3 heterocycles. The number of hydrogen-bond acceptors (Lipinski definition) is 5. The van der Waals surface area contributed by atoms with Gasteiger partial charge in [0.2, 0.25) is 0 Å². The Kier molecular flexibility index (Phi) is 5.76. The first kappa shape index (κ1) is 20.0. The lowest BCUT2D eigenvalue weighted by Gasteiger charge is -2.25. The normalized spacial score (nSPS) is 14.6. The van der Waals surface area contributed by atoms with E-state index in [1.165, 1.54) is 0 Å². The van der Waals surface area contributed by atoms with Crippen LogP contribution in [0.15, 0.2) is 47.9 Å². The molecule has 0 spiro atoms. The van der Waals surface area contributed by atoms with Crippen molar-refractivity contribution in [3.05, 3.63) is 70.2 Å². The van der Waals surface area contributed by atoms with Gasteiger partial charge in [0, 0.05) is 17.9 Å². The molecule has 0 aliphatic carbocycles. The summed E-state index contributed by atoms with van der Waals surface area (Å²) in [5.74, 6) is -0.378. The van der Waals surface area contributed by atoms with Crippen molar-refractivity contribution in [2.24, 2.45) is 0 Å². The van der Waals surface area contributed by atoms with Crippen molar-refractivity contribution >= 4 is 11.6 Å². The molecule has 0 radical (unpaired) electrons. The molecule has 0 bridgehead atoms. The minimum absolute atomic E-state index is 0.120. The molecule has 1 aliphatic rings. The third-order valence-electron chi connectivity index (χ3n) is 5.70. The lowest BCUT2D eigenvalue weighted by atomic mass is 10.0. The molecule has 2 aromatic heterocycles. The zero-order valence-electron chi connectivity index (χ0n) is 17.3. The number of hydrogen-bond donors (Lipinski definition) is 2. The summed E-state index contributed by atoms with van der Waals surface area (Å²) in [4.78, 5) is 26.4. The van der Waals surface area contributed by atoms with E-state index in [0.717, 1.165) is 43.6 Å². The Hall–Kier alpha value is -3.26. The van der Waals surface area contributed by atoms with Gasteiger partial charge in [0.05, 0.1) is 5.69 Å². The van der Waals surface area contributed by atoms with E-state index >= 15 is 0 Å². The van der Waals surface area contributed by atoms with Gasteiger partial charge in [-0.2, -0.15) is 0 Å². The number of amides is 1. The van der Waals surface area contributed by atoms with Crippen LogP contribution in [0, 0.1) is 6.92 Å². The molecule has 8 heteroatoms. The third kappa shape index (κ3) is 3.91. The molecule has 156 valence electrons. The monoisotopic (exact) mass is 406 g/mol. The molecule has 1 saturated heterocycles. The molecule has 1 aliphatic heterocycles. The van der Waals surface area contributed by atoms with Crippen molar-refractivity contribution in [1.82, 2.24) is 24.6 Å². The number of carbonyl (C=O) groups is 1. The average Bonchev–Trinajstić information content (AvgIpc) is 3.29. The predicted molar refractivity (Wildman–Crippen MR) is 115 cm³/mol. The Labute approximate surface area is 175 Å². The minimum atomic E-state index is -0.378. The number of nitrogens with one attached hydrogen (secondary N) is 2. The second-order valence-corrected chi connectivity index (χ2v) is 7.59. The Morgan fingerprint density at radius 2 is 1.93 bits per heavy atom. The summed E-state index contributed by atoms with van der Waals surface area (Å²) in [6.45, 7) is 5.59. The van der Waals surface area contributed by atoms with Crippen LogP contribution in [0.4, 0.5) is 5.69 Å². The van der Waals surface area contributed by atoms with Crippen molar-refractivity contribution in [2.45, 2.75) is 39.2 Å². The van der Waals surface area contributed by atoms with Crippen LogP contribution in [0.3, 0.4) is 0 Å². The molecule has 4 rings (SSSR count). The molecule has 0 unspecified atom stereocenters. The zero-order valence-corrected chi connectivity index (χ0v) is 17.3. The fourth-order valence-corrected chi connectivity index (χ4v) is 3.96. The number of pyridine rings is 1. The smallest absolute Gasteiger partial charge is 0.263 e. The highest BCUT2D eigenvalue weighted by atomic mass is 16.2. The van der Waals surface area contributed by atoms with E-state index in [0.29, 0.717) is 11.3 Å². The lowest BCUT2D eigenvalue weighted by Crippen LogP contribution is -2.37. The SMILES string of the molecule is CCc1ccc(-n2cnnc2)cc1NC(=O)c1c(C)ccn(C2CCNCC2)c1=O. The third-order valence-corrected chi connectivity index (χ3v) is 5.70. The summed E-state index contributed by atoms with van der Waals surface area (Å²) in [6, 6.07) is 7.77. The van der Waals surface area contributed by atoms with E-state index < -0.39 is 0 Å². The van der Waals surface area contributed by atoms with Crippen LogP contribution in [0.5, 0.6) is 0 Å². The molecule has 30 heavy (non-hydrogen) atoms. The first-order valence-corrected chi connectivity index (χ1v) is 10.3. The number of aryl methyl sites for hydroxylation is 2. The van der Waals surface area contributed by atoms with Crippen LogP contribution in [0.1, 0.15) is 47.3 Å². The maximum Gasteiger partial charge on any atom is 0.263 e. The van der Waals surface area contributed by atoms with E-state index in [4.69, 9.17) is 0 Å². The predicted octanol–water partition coefficient (Wildman–Crippen LogP) is 2.48. The molecule has 8 nitrogen and oxygen atoms in total. The maximum absolute atomic E-state index is 13.2. The van der Waals surface area contributed by atoms with E-state index in [2.05, 4.69) is 20.8 Å². The van der Waals surface area contributed by atoms with Crippen LogP contribution in [0.25, 0.3) is 5.69 Å². The van der Waals surface area contributed by atoms with Gasteiger partial charge in [-0.3, -0.25) is 14.2 Å². The van der Waals surface area contributed by atoms with Crippen molar-refractivity contribution in [3.63, 3.8) is 0 Å². The topological polar surface area (TPSA) is 93.8 Å². The van der Waals surface area contributed by atoms with Gasteiger partial charge >= 0.3 is 0 Å². The van der Waals surface area contributed by atoms with Gasteiger partial charge in [-0.05, 0) is 68.6 Å². The lowest BCUT2D eigenvalue weighted by molar-refractivity contribution is 0.102. The van der Waals surface area contributed by atoms with Gasteiger partial charge in [0.15, 0.2) is 0 Å². The van der Waals surface area contributed by atoms with E-state index in [1.807, 2.05) is 37.4 Å². The summed E-state index contributed by atoms with van der Waals surface area (Å²) in [7, 11) is 0. The Balaban J connectivity index is 1.67. The molecule has 1 fully saturated rings. The quantitative estimate of drug-likeness (QED) is 0.679. The van der Waals surface area contributed by atoms with E-state index in [1.54, 1.807) is 28.7 Å². The van der Waals surface area contributed by atoms with E-state index in [-0.39, 0.29) is 23.1 Å². The molecule has 0 atom stereocenters. The molecular formula is C22H26N6O2. The molecule has 3 aromatic rings. The second-order valence-electron chi connectivity index (χ2n) is 7.59. The van der Waals surface area contributed by atoms with Crippen LogP contribution in [0.2, 0.25) is 0 Å². The van der Waals surface area contributed by atoms with Gasteiger partial charge < -0.3 is 15.2 Å². The molecule has 1 amide bonds. The van der Waals surface area contributed by atoms with Gasteiger partial charge in [0.1, 0.15) is 18.2 Å². The fourth-order valence-electron chi connectivity index (χ4n) is 3.96. The fraction of sp³-hybridized carbons (Fsp3) is 0.364. The number of rotatable bonds is 5. The number of anilines is 1. The van der Waals surface area contributed by atoms with Crippen LogP contribution in [-0.2, 0) is 6.42 Å². The second kappa shape index (κ2) is 8.62. The Morgan fingerprint density at radius 1 is 1.20 bits per heavy atom. The van der Waals surface area contributed by atoms with Crippen LogP contribution in [-0.4, -0.2) is 38.3 Å². The highest BCUT2D eigenvalue weighted by molar-refractivity contribution is 6.05. The summed E-state index contributed by atoms with van der Waals surface area (Å²) in [5.41, 5.74) is 3.16. The van der Waals surface area contributed by atoms with Gasteiger partial charge in [0.25, 0.3) is 11.5 Å². The largest absolute Gasteiger partial charge is 0.321 e. The first-order valence-electron chi connectivity index (χ1n) is 10.3. The summed E-state index contributed by atoms with van der Waals surface area (Å²) in [6.07, 6.45) is 7.53. The molecular weight excluding hydrogens is 380 g/mol. The van der Waals surface area contributed by atoms with Crippen molar-refractivity contribution in [3.8, 4) is 5.69 Å². The van der Waals surface area contributed by atoms with Crippen LogP contribution >= 0.6 is 0 Å². The van der Waals surface area contributed by atoms with Gasteiger partial charge in [-0.25, -0.2) is 0 Å². The Bertz CT molecular complexity index is 1100. The minimum Gasteiger partial charge on any atom is -0.321 e. The summed E-state index contributed by atoms with van der Waals surface area (Å²) < 4.78 is 3.49. The summed E-state index contributed by atoms with van der Waals surface area (Å²) in [5, 5.41) is 13.9. The van der Waals surface area contributed by atoms with Crippen molar-refractivity contribution in [1.29, 1.82) is 0 Å². The van der Waals surface area contributed by atoms with E-state index in [9.17, 15) is 9.59 Å². The number of nitrogens with zero attached hydrogens (tertiary/aromatic N) is 4. The molecule has 2 N–H and O–H groups in total. The molecule has 0 saturated carbocycles. The van der Waals surface area contributed by atoms with Crippen LogP contribution < -0.4 is 16.2 Å². The molecule has 1 aromatic carbocycles. The van der Waals surface area contributed by atoms with Gasteiger partial charge in [-0.15, -0.1) is 10.2 Å². The zero-order chi connectivity index (χ0) is 21.1. The highest BCUT2D eigenvalue weighted by Gasteiger charge is 2.22. The average molecular weight is 406 g/mol. The number of benzene rings is 1. The van der Waals surface area contributed by atoms with Gasteiger partial charge in [-0.1, -0.05) is 13.0 Å². The number of carbonyl (C=O) groups excluding carboxylic acids is 1. The maximum atomic E-state index is 13.2. The number of piperidine rings is 1.